The minimum absolute atomic E-state index is 0.0605. The zero-order chi connectivity index (χ0) is 18.4. The Morgan fingerprint density at radius 3 is 2.33 bits per heavy atom. The average Bonchev–Trinajstić information content (AvgIpc) is 2.43. The van der Waals surface area contributed by atoms with Crippen LogP contribution in [0.25, 0.3) is 0 Å². The molecular weight excluding hydrogens is 304 g/mol. The van der Waals surface area contributed by atoms with E-state index in [0.717, 1.165) is 5.56 Å². The van der Waals surface area contributed by atoms with Gasteiger partial charge in [-0.15, -0.1) is 0 Å². The van der Waals surface area contributed by atoms with E-state index in [4.69, 9.17) is 10.5 Å². The fourth-order valence-electron chi connectivity index (χ4n) is 2.76. The van der Waals surface area contributed by atoms with E-state index < -0.39 is 23.3 Å². The normalized spacial score (nSPS) is 15.7. The number of benzene rings is 1. The van der Waals surface area contributed by atoms with Crippen molar-refractivity contribution in [3.8, 4) is 0 Å². The zero-order valence-corrected chi connectivity index (χ0v) is 15.5. The van der Waals surface area contributed by atoms with Gasteiger partial charge < -0.3 is 20.9 Å². The first-order valence-corrected chi connectivity index (χ1v) is 8.49. The number of aliphatic hydroxyl groups is 1. The number of aliphatic hydroxyl groups excluding tert-OH is 1. The van der Waals surface area contributed by atoms with Crippen molar-refractivity contribution in [3.05, 3.63) is 35.9 Å². The highest BCUT2D eigenvalue weighted by Gasteiger charge is 2.35. The zero-order valence-electron chi connectivity index (χ0n) is 15.5. The Morgan fingerprint density at radius 1 is 1.25 bits per heavy atom. The minimum atomic E-state index is -0.868. The van der Waals surface area contributed by atoms with Gasteiger partial charge in [-0.3, -0.25) is 0 Å². The maximum atomic E-state index is 11.8. The molecule has 1 rings (SSSR count). The topological polar surface area (TPSA) is 84.6 Å². The number of ether oxygens (including phenoxy) is 1. The third-order valence-corrected chi connectivity index (χ3v) is 3.67. The molecule has 0 aliphatic rings. The van der Waals surface area contributed by atoms with Crippen LogP contribution in [-0.2, 0) is 11.2 Å². The number of rotatable bonds is 7. The summed E-state index contributed by atoms with van der Waals surface area (Å²) in [5.74, 6) is 0.329. The van der Waals surface area contributed by atoms with E-state index in [-0.39, 0.29) is 6.54 Å². The van der Waals surface area contributed by atoms with E-state index in [1.807, 2.05) is 30.3 Å². The molecule has 0 aromatic heterocycles. The lowest BCUT2D eigenvalue weighted by atomic mass is 9.79. The molecule has 24 heavy (non-hydrogen) atoms. The average molecular weight is 336 g/mol. The van der Waals surface area contributed by atoms with E-state index in [1.165, 1.54) is 0 Å². The number of hydrogen-bond acceptors (Lipinski definition) is 4. The molecule has 136 valence electrons. The molecule has 0 radical (unpaired) electrons. The van der Waals surface area contributed by atoms with Crippen LogP contribution in [0.15, 0.2) is 30.3 Å². The standard InChI is InChI=1S/C19H32N2O3/c1-14(2)11-19(20,12-15-9-7-6-8-10-15)16(22)13-21-17(23)24-18(3,4)5/h6-10,14,16,22H,11-13,20H2,1-5H3,(H,21,23). The SMILES string of the molecule is CC(C)CC(N)(Cc1ccccc1)C(O)CNC(=O)OC(C)(C)C. The molecule has 1 amide bonds. The quantitative estimate of drug-likeness (QED) is 0.715. The molecule has 1 aromatic rings. The summed E-state index contributed by atoms with van der Waals surface area (Å²) < 4.78 is 5.20. The molecule has 5 nitrogen and oxygen atoms in total. The molecule has 1 aromatic carbocycles. The Labute approximate surface area is 145 Å². The van der Waals surface area contributed by atoms with Crippen molar-refractivity contribution in [3.63, 3.8) is 0 Å². The second-order valence-electron chi connectivity index (χ2n) is 7.89. The summed E-state index contributed by atoms with van der Waals surface area (Å²) in [5, 5.41) is 13.2. The van der Waals surface area contributed by atoms with Crippen LogP contribution in [0.2, 0.25) is 0 Å². The highest BCUT2D eigenvalue weighted by molar-refractivity contribution is 5.67. The van der Waals surface area contributed by atoms with Gasteiger partial charge in [0.05, 0.1) is 6.10 Å². The lowest BCUT2D eigenvalue weighted by molar-refractivity contribution is 0.0394. The fraction of sp³-hybridized carbons (Fsp3) is 0.632. The molecule has 4 N–H and O–H groups in total. The molecule has 0 bridgehead atoms. The van der Waals surface area contributed by atoms with Crippen molar-refractivity contribution in [2.24, 2.45) is 11.7 Å². The predicted molar refractivity (Wildman–Crippen MR) is 96.8 cm³/mol. The number of amides is 1. The van der Waals surface area contributed by atoms with E-state index in [0.29, 0.717) is 18.8 Å². The third kappa shape index (κ3) is 7.32. The lowest BCUT2D eigenvalue weighted by Gasteiger charge is -2.36. The van der Waals surface area contributed by atoms with Gasteiger partial charge in [-0.25, -0.2) is 4.79 Å². The molecule has 0 heterocycles. The minimum Gasteiger partial charge on any atom is -0.444 e. The molecule has 0 aliphatic carbocycles. The molecule has 2 atom stereocenters. The Hall–Kier alpha value is -1.59. The maximum Gasteiger partial charge on any atom is 0.407 e. The molecule has 0 aliphatic heterocycles. The molecule has 0 fully saturated rings. The van der Waals surface area contributed by atoms with E-state index in [9.17, 15) is 9.90 Å². The first kappa shape index (κ1) is 20.5. The van der Waals surface area contributed by atoms with Crippen molar-refractivity contribution in [2.75, 3.05) is 6.54 Å². The molecule has 0 saturated heterocycles. The van der Waals surface area contributed by atoms with Gasteiger partial charge in [0.1, 0.15) is 5.60 Å². The van der Waals surface area contributed by atoms with Gasteiger partial charge in [0.15, 0.2) is 0 Å². The second-order valence-corrected chi connectivity index (χ2v) is 7.89. The maximum absolute atomic E-state index is 11.8. The van der Waals surface area contributed by atoms with Gasteiger partial charge in [-0.05, 0) is 45.1 Å². The Kier molecular flexibility index (Phi) is 7.24. The van der Waals surface area contributed by atoms with Crippen molar-refractivity contribution >= 4 is 6.09 Å². The molecule has 5 heteroatoms. The summed E-state index contributed by atoms with van der Waals surface area (Å²) in [6, 6.07) is 9.85. The monoisotopic (exact) mass is 336 g/mol. The van der Waals surface area contributed by atoms with Gasteiger partial charge in [-0.2, -0.15) is 0 Å². The fourth-order valence-corrected chi connectivity index (χ4v) is 2.76. The Morgan fingerprint density at radius 2 is 1.83 bits per heavy atom. The number of nitrogens with one attached hydrogen (secondary N) is 1. The second kappa shape index (κ2) is 8.49. The van der Waals surface area contributed by atoms with Crippen LogP contribution >= 0.6 is 0 Å². The summed E-state index contributed by atoms with van der Waals surface area (Å²) >= 11 is 0. The number of hydrogen-bond donors (Lipinski definition) is 3. The summed E-state index contributed by atoms with van der Waals surface area (Å²) in [5.41, 5.74) is 6.22. The largest absolute Gasteiger partial charge is 0.444 e. The number of nitrogens with two attached hydrogens (primary N) is 1. The lowest BCUT2D eigenvalue weighted by Crippen LogP contribution is -2.57. The summed E-state index contributed by atoms with van der Waals surface area (Å²) in [6.45, 7) is 9.59. The summed E-state index contributed by atoms with van der Waals surface area (Å²) in [4.78, 5) is 11.8. The summed E-state index contributed by atoms with van der Waals surface area (Å²) in [7, 11) is 0. The van der Waals surface area contributed by atoms with Gasteiger partial charge in [0.2, 0.25) is 0 Å². The van der Waals surface area contributed by atoms with Crippen LogP contribution in [0.5, 0.6) is 0 Å². The van der Waals surface area contributed by atoms with Gasteiger partial charge in [0, 0.05) is 12.1 Å². The van der Waals surface area contributed by atoms with Gasteiger partial charge in [-0.1, -0.05) is 44.2 Å². The van der Waals surface area contributed by atoms with Gasteiger partial charge in [0.25, 0.3) is 0 Å². The predicted octanol–water partition coefficient (Wildman–Crippen LogP) is 2.86. The smallest absolute Gasteiger partial charge is 0.407 e. The van der Waals surface area contributed by atoms with Crippen LogP contribution in [0, 0.1) is 5.92 Å². The van der Waals surface area contributed by atoms with Crippen LogP contribution in [-0.4, -0.2) is 35.0 Å². The Bertz CT molecular complexity index is 511. The van der Waals surface area contributed by atoms with Gasteiger partial charge >= 0.3 is 6.09 Å². The van der Waals surface area contributed by atoms with Crippen LogP contribution in [0.3, 0.4) is 0 Å². The summed E-state index contributed by atoms with van der Waals surface area (Å²) in [6.07, 6.45) is -0.219. The molecule has 0 saturated carbocycles. The number of carbonyl (C=O) groups is 1. The number of alkyl carbamates (subject to hydrolysis) is 1. The molecular formula is C19H32N2O3. The first-order chi connectivity index (χ1) is 11.0. The van der Waals surface area contributed by atoms with E-state index in [1.54, 1.807) is 20.8 Å². The van der Waals surface area contributed by atoms with E-state index in [2.05, 4.69) is 19.2 Å². The number of carbonyl (C=O) groups excluding carboxylic acids is 1. The van der Waals surface area contributed by atoms with Crippen molar-refractivity contribution in [2.45, 2.75) is 64.7 Å². The van der Waals surface area contributed by atoms with Crippen molar-refractivity contribution in [1.29, 1.82) is 0 Å². The van der Waals surface area contributed by atoms with Crippen LogP contribution in [0.1, 0.15) is 46.6 Å². The van der Waals surface area contributed by atoms with Crippen LogP contribution < -0.4 is 11.1 Å². The molecule has 0 spiro atoms. The van der Waals surface area contributed by atoms with Crippen molar-refractivity contribution in [1.82, 2.24) is 5.32 Å². The highest BCUT2D eigenvalue weighted by atomic mass is 16.6. The highest BCUT2D eigenvalue weighted by Crippen LogP contribution is 2.23. The Balaban J connectivity index is 2.74. The van der Waals surface area contributed by atoms with Crippen LogP contribution in [0.4, 0.5) is 4.79 Å². The first-order valence-electron chi connectivity index (χ1n) is 8.49. The third-order valence-electron chi connectivity index (χ3n) is 3.67. The molecule has 2 unspecified atom stereocenters. The van der Waals surface area contributed by atoms with E-state index >= 15 is 0 Å². The van der Waals surface area contributed by atoms with Crippen molar-refractivity contribution < 1.29 is 14.6 Å².